The first kappa shape index (κ1) is 20.6. The summed E-state index contributed by atoms with van der Waals surface area (Å²) >= 11 is 6.07. The van der Waals surface area contributed by atoms with Crippen molar-refractivity contribution in [3.05, 3.63) is 47.0 Å². The maximum atomic E-state index is 12.3. The summed E-state index contributed by atoms with van der Waals surface area (Å²) < 4.78 is 0. The number of hydrogen-bond acceptors (Lipinski definition) is 2. The molecular weight excluding hydrogens is 394 g/mol. The number of carbonyl (C=O) groups is 1. The predicted molar refractivity (Wildman–Crippen MR) is 120 cm³/mol. The van der Waals surface area contributed by atoms with Crippen LogP contribution in [0.3, 0.4) is 0 Å². The molecule has 0 radical (unpaired) electrons. The van der Waals surface area contributed by atoms with Gasteiger partial charge in [0.25, 0.3) is 0 Å². The zero-order valence-electron chi connectivity index (χ0n) is 18.4. The van der Waals surface area contributed by atoms with Gasteiger partial charge in [-0.3, -0.25) is 4.79 Å². The van der Waals surface area contributed by atoms with Gasteiger partial charge in [0.05, 0.1) is 6.10 Å². The second-order valence-electron chi connectivity index (χ2n) is 11.1. The highest BCUT2D eigenvalue weighted by atomic mass is 35.5. The van der Waals surface area contributed by atoms with Gasteiger partial charge < -0.3 is 10.0 Å². The minimum Gasteiger partial charge on any atom is -0.393 e. The first-order valence-corrected chi connectivity index (χ1v) is 12.0. The number of halogens is 1. The molecule has 30 heavy (non-hydrogen) atoms. The molecular formula is C26H34ClNO2. The van der Waals surface area contributed by atoms with Gasteiger partial charge in [-0.15, -0.1) is 0 Å². The lowest BCUT2D eigenvalue weighted by Crippen LogP contribution is -2.63. The van der Waals surface area contributed by atoms with Crippen LogP contribution in [0.1, 0.15) is 51.5 Å². The van der Waals surface area contributed by atoms with Crippen molar-refractivity contribution in [2.24, 2.45) is 34.5 Å². The zero-order chi connectivity index (χ0) is 21.3. The van der Waals surface area contributed by atoms with E-state index in [0.717, 1.165) is 17.9 Å². The van der Waals surface area contributed by atoms with E-state index in [1.165, 1.54) is 24.8 Å². The van der Waals surface area contributed by atoms with Crippen LogP contribution in [0.4, 0.5) is 0 Å². The van der Waals surface area contributed by atoms with Crippen LogP contribution in [-0.4, -0.2) is 35.1 Å². The fourth-order valence-electron chi connectivity index (χ4n) is 8.00. The summed E-state index contributed by atoms with van der Waals surface area (Å²) in [6.07, 6.45) is 10.3. The molecule has 3 fully saturated rings. The van der Waals surface area contributed by atoms with Crippen LogP contribution >= 0.6 is 11.6 Å². The van der Waals surface area contributed by atoms with Gasteiger partial charge in [-0.05, 0) is 91.4 Å². The number of likely N-dealkylation sites (N-methyl/N-ethyl adjacent to an activating group) is 1. The molecule has 0 unspecified atom stereocenters. The number of aliphatic hydroxyl groups is 1. The Labute approximate surface area is 185 Å². The normalized spacial score (nSPS) is 45.1. The minimum atomic E-state index is -0.311. The zero-order valence-corrected chi connectivity index (χ0v) is 19.1. The van der Waals surface area contributed by atoms with E-state index in [2.05, 4.69) is 32.1 Å². The maximum absolute atomic E-state index is 12.3. The summed E-state index contributed by atoms with van der Waals surface area (Å²) in [6, 6.07) is 8.43. The van der Waals surface area contributed by atoms with Crippen molar-refractivity contribution >= 4 is 17.5 Å². The smallest absolute Gasteiger partial charge is 0.246 e. The Kier molecular flexibility index (Phi) is 4.87. The first-order chi connectivity index (χ1) is 14.2. The third-order valence-electron chi connectivity index (χ3n) is 9.46. The molecule has 1 aromatic carbocycles. The highest BCUT2D eigenvalue weighted by molar-refractivity contribution is 6.30. The lowest BCUT2D eigenvalue weighted by Gasteiger charge is -2.61. The maximum Gasteiger partial charge on any atom is 0.246 e. The Morgan fingerprint density at radius 1 is 1.17 bits per heavy atom. The van der Waals surface area contributed by atoms with Crippen molar-refractivity contribution in [2.45, 2.75) is 64.5 Å². The molecule has 4 aliphatic rings. The Hall–Kier alpha value is -1.32. The van der Waals surface area contributed by atoms with Gasteiger partial charge in [-0.25, -0.2) is 0 Å². The minimum absolute atomic E-state index is 0.0256. The highest BCUT2D eigenvalue weighted by Gasteiger charge is 2.61. The van der Waals surface area contributed by atoms with Crippen molar-refractivity contribution in [1.29, 1.82) is 0 Å². The predicted octanol–water partition coefficient (Wildman–Crippen LogP) is 5.11. The number of carbonyl (C=O) groups excluding carboxylic acids is 1. The molecule has 8 atom stereocenters. The van der Waals surface area contributed by atoms with Gasteiger partial charge in [0, 0.05) is 23.5 Å². The van der Waals surface area contributed by atoms with Crippen LogP contribution in [-0.2, 0) is 11.2 Å². The molecule has 1 heterocycles. The monoisotopic (exact) mass is 427 g/mol. The van der Waals surface area contributed by atoms with Crippen LogP contribution in [0.5, 0.6) is 0 Å². The van der Waals surface area contributed by atoms with Gasteiger partial charge in [-0.1, -0.05) is 43.7 Å². The van der Waals surface area contributed by atoms with E-state index >= 15 is 0 Å². The SMILES string of the molecule is CN1C(=O)C=C[C@]2(C)[C@H]3CC[C@]4(C)C[C@H](Cc5ccc(Cl)cc5)C[C@H]4[C@@H]3[C@@H](O)C[C@@H]12. The molecule has 0 bridgehead atoms. The Balaban J connectivity index is 1.41. The fraction of sp³-hybridized carbons (Fsp3) is 0.654. The van der Waals surface area contributed by atoms with E-state index < -0.39 is 0 Å². The standard InChI is InChI=1S/C26H34ClNO2/c1-25-10-8-19-24(21(29)14-22-26(19,2)11-9-23(30)28(22)3)20(25)13-17(15-25)12-16-4-6-18(27)7-5-16/h4-7,9,11,17,19-22,24,29H,8,10,12-15H2,1-3H3/t17-,19+,20+,21+,22-,24-,25-,26-/m1/s1. The summed E-state index contributed by atoms with van der Waals surface area (Å²) in [5.41, 5.74) is 1.67. The summed E-state index contributed by atoms with van der Waals surface area (Å²) in [4.78, 5) is 14.2. The van der Waals surface area contributed by atoms with Crippen molar-refractivity contribution in [3.8, 4) is 0 Å². The number of fused-ring (bicyclic) bond motifs is 5. The van der Waals surface area contributed by atoms with E-state index in [9.17, 15) is 9.90 Å². The number of rotatable bonds is 2. The molecule has 3 aliphatic carbocycles. The van der Waals surface area contributed by atoms with E-state index in [0.29, 0.717) is 35.5 Å². The first-order valence-electron chi connectivity index (χ1n) is 11.6. The van der Waals surface area contributed by atoms with Crippen molar-refractivity contribution in [3.63, 3.8) is 0 Å². The molecule has 1 N–H and O–H groups in total. The van der Waals surface area contributed by atoms with E-state index in [-0.39, 0.29) is 23.5 Å². The van der Waals surface area contributed by atoms with E-state index in [1.807, 2.05) is 24.1 Å². The average molecular weight is 428 g/mol. The molecule has 3 nitrogen and oxygen atoms in total. The second-order valence-corrected chi connectivity index (χ2v) is 11.5. The summed E-state index contributed by atoms with van der Waals surface area (Å²) in [5, 5.41) is 12.2. The van der Waals surface area contributed by atoms with Gasteiger partial charge in [-0.2, -0.15) is 0 Å². The second kappa shape index (κ2) is 7.10. The Morgan fingerprint density at radius 3 is 2.63 bits per heavy atom. The molecule has 5 rings (SSSR count). The molecule has 0 saturated heterocycles. The summed E-state index contributed by atoms with van der Waals surface area (Å²) in [6.45, 7) is 4.81. The number of nitrogens with zero attached hydrogens (tertiary/aromatic N) is 1. The molecule has 162 valence electrons. The molecule has 1 amide bonds. The molecule has 0 aromatic heterocycles. The number of hydrogen-bond donors (Lipinski definition) is 1. The van der Waals surface area contributed by atoms with Crippen LogP contribution in [0.25, 0.3) is 0 Å². The third kappa shape index (κ3) is 3.07. The molecule has 1 aromatic rings. The fourth-order valence-corrected chi connectivity index (χ4v) is 8.12. The van der Waals surface area contributed by atoms with Crippen molar-refractivity contribution < 1.29 is 9.90 Å². The van der Waals surface area contributed by atoms with E-state index in [1.54, 1.807) is 6.08 Å². The van der Waals surface area contributed by atoms with Crippen LogP contribution < -0.4 is 0 Å². The lowest BCUT2D eigenvalue weighted by atomic mass is 9.48. The van der Waals surface area contributed by atoms with Gasteiger partial charge in [0.1, 0.15) is 0 Å². The summed E-state index contributed by atoms with van der Waals surface area (Å²) in [5.74, 6) is 2.10. The largest absolute Gasteiger partial charge is 0.393 e. The quantitative estimate of drug-likeness (QED) is 0.712. The van der Waals surface area contributed by atoms with Gasteiger partial charge >= 0.3 is 0 Å². The average Bonchev–Trinajstić information content (AvgIpc) is 3.04. The van der Waals surface area contributed by atoms with E-state index in [4.69, 9.17) is 11.6 Å². The van der Waals surface area contributed by atoms with Crippen LogP contribution in [0.2, 0.25) is 5.02 Å². The Morgan fingerprint density at radius 2 is 1.90 bits per heavy atom. The molecule has 3 saturated carbocycles. The number of amides is 1. The number of aliphatic hydroxyl groups excluding tert-OH is 1. The van der Waals surface area contributed by atoms with Crippen LogP contribution in [0.15, 0.2) is 36.4 Å². The molecule has 0 spiro atoms. The van der Waals surface area contributed by atoms with Crippen molar-refractivity contribution in [2.75, 3.05) is 7.05 Å². The van der Waals surface area contributed by atoms with Crippen LogP contribution in [0, 0.1) is 34.5 Å². The number of benzene rings is 1. The topological polar surface area (TPSA) is 40.5 Å². The molecule has 1 aliphatic heterocycles. The summed E-state index contributed by atoms with van der Waals surface area (Å²) in [7, 11) is 1.91. The van der Waals surface area contributed by atoms with Gasteiger partial charge in [0.15, 0.2) is 0 Å². The van der Waals surface area contributed by atoms with Crippen molar-refractivity contribution in [1.82, 2.24) is 4.90 Å². The third-order valence-corrected chi connectivity index (χ3v) is 9.71. The Bertz CT molecular complexity index is 866. The lowest BCUT2D eigenvalue weighted by molar-refractivity contribution is -0.154. The molecule has 4 heteroatoms. The highest BCUT2D eigenvalue weighted by Crippen LogP contribution is 2.65. The van der Waals surface area contributed by atoms with Gasteiger partial charge in [0.2, 0.25) is 5.91 Å².